The van der Waals surface area contributed by atoms with E-state index in [0.29, 0.717) is 10.9 Å². The lowest BCUT2D eigenvalue weighted by Gasteiger charge is -2.14. The van der Waals surface area contributed by atoms with Crippen LogP contribution in [-0.2, 0) is 0 Å². The summed E-state index contributed by atoms with van der Waals surface area (Å²) in [5.41, 5.74) is 7.40. The van der Waals surface area contributed by atoms with E-state index in [9.17, 15) is 0 Å². The summed E-state index contributed by atoms with van der Waals surface area (Å²) in [6.45, 7) is 0. The molecule has 0 saturated carbocycles. The smallest absolute Gasteiger partial charge is 0.115 e. The zero-order valence-electron chi connectivity index (χ0n) is 7.32. The molecule has 0 aromatic carbocycles. The Kier molecular flexibility index (Phi) is 3.48. The number of rotatable bonds is 2. The maximum absolute atomic E-state index is 4.22. The number of hydrogen-bond donors (Lipinski definition) is 2. The SMILES string of the molecule is BrCC1NNC(c2ccncn2)C1Br. The first-order valence-electron chi connectivity index (χ1n) is 4.30. The van der Waals surface area contributed by atoms with E-state index in [-0.39, 0.29) is 6.04 Å². The van der Waals surface area contributed by atoms with Crippen molar-refractivity contribution in [3.8, 4) is 0 Å². The van der Waals surface area contributed by atoms with Crippen molar-refractivity contribution in [3.05, 3.63) is 24.3 Å². The van der Waals surface area contributed by atoms with Crippen molar-refractivity contribution in [1.82, 2.24) is 20.8 Å². The summed E-state index contributed by atoms with van der Waals surface area (Å²) in [4.78, 5) is 8.45. The molecule has 0 aliphatic carbocycles. The summed E-state index contributed by atoms with van der Waals surface area (Å²) in [6, 6.07) is 2.49. The second kappa shape index (κ2) is 4.65. The minimum atomic E-state index is 0.195. The Morgan fingerprint density at radius 2 is 2.29 bits per heavy atom. The van der Waals surface area contributed by atoms with Gasteiger partial charge < -0.3 is 0 Å². The van der Waals surface area contributed by atoms with Crippen LogP contribution in [0.2, 0.25) is 0 Å². The summed E-state index contributed by atoms with van der Waals surface area (Å²) in [6.07, 6.45) is 3.32. The highest BCUT2D eigenvalue weighted by molar-refractivity contribution is 9.10. The van der Waals surface area contributed by atoms with Gasteiger partial charge in [0, 0.05) is 17.6 Å². The fourth-order valence-electron chi connectivity index (χ4n) is 1.43. The van der Waals surface area contributed by atoms with Crippen LogP contribution in [0.1, 0.15) is 11.7 Å². The van der Waals surface area contributed by atoms with Crippen LogP contribution in [0.15, 0.2) is 18.6 Å². The van der Waals surface area contributed by atoms with Crippen LogP contribution in [0.4, 0.5) is 0 Å². The lowest BCUT2D eigenvalue weighted by Crippen LogP contribution is -2.33. The van der Waals surface area contributed by atoms with E-state index in [2.05, 4.69) is 52.7 Å². The average Bonchev–Trinajstić information content (AvgIpc) is 2.61. The monoisotopic (exact) mass is 320 g/mol. The van der Waals surface area contributed by atoms with Crippen LogP contribution in [0.5, 0.6) is 0 Å². The summed E-state index contributed by atoms with van der Waals surface area (Å²) in [5.74, 6) is 0. The van der Waals surface area contributed by atoms with E-state index < -0.39 is 0 Å². The van der Waals surface area contributed by atoms with Crippen molar-refractivity contribution >= 4 is 31.9 Å². The Hall–Kier alpha value is -0.0400. The molecule has 3 unspecified atom stereocenters. The Bertz CT molecular complexity index is 295. The van der Waals surface area contributed by atoms with E-state index in [1.54, 1.807) is 12.5 Å². The molecule has 0 spiro atoms. The van der Waals surface area contributed by atoms with Gasteiger partial charge >= 0.3 is 0 Å². The van der Waals surface area contributed by atoms with Gasteiger partial charge in [-0.1, -0.05) is 31.9 Å². The highest BCUT2D eigenvalue weighted by Crippen LogP contribution is 2.27. The second-order valence-electron chi connectivity index (χ2n) is 3.11. The Morgan fingerprint density at radius 1 is 1.43 bits per heavy atom. The van der Waals surface area contributed by atoms with Gasteiger partial charge in [-0.25, -0.2) is 15.4 Å². The number of halogens is 2. The molecular formula is C8H10Br2N4. The molecular weight excluding hydrogens is 312 g/mol. The van der Waals surface area contributed by atoms with Gasteiger partial charge in [-0.05, 0) is 6.07 Å². The van der Waals surface area contributed by atoms with Crippen LogP contribution >= 0.6 is 31.9 Å². The average molecular weight is 322 g/mol. The van der Waals surface area contributed by atoms with Crippen molar-refractivity contribution in [3.63, 3.8) is 0 Å². The maximum atomic E-state index is 4.22. The van der Waals surface area contributed by atoms with Gasteiger partial charge in [0.25, 0.3) is 0 Å². The molecule has 76 valence electrons. The first-order chi connectivity index (χ1) is 6.83. The molecule has 1 aromatic rings. The Morgan fingerprint density at radius 3 is 2.86 bits per heavy atom. The maximum Gasteiger partial charge on any atom is 0.115 e. The highest BCUT2D eigenvalue weighted by Gasteiger charge is 2.34. The predicted molar refractivity (Wildman–Crippen MR) is 61.3 cm³/mol. The molecule has 6 heteroatoms. The van der Waals surface area contributed by atoms with E-state index in [1.165, 1.54) is 0 Å². The first kappa shape index (κ1) is 10.5. The predicted octanol–water partition coefficient (Wildman–Crippen LogP) is 1.15. The molecule has 0 bridgehead atoms. The van der Waals surface area contributed by atoms with E-state index in [1.807, 2.05) is 6.07 Å². The number of nitrogens with zero attached hydrogens (tertiary/aromatic N) is 2. The summed E-state index contributed by atoms with van der Waals surface area (Å²) in [5, 5.41) is 0.900. The molecule has 2 rings (SSSR count). The van der Waals surface area contributed by atoms with Gasteiger partial charge in [0.05, 0.1) is 16.6 Å². The van der Waals surface area contributed by atoms with Crippen molar-refractivity contribution in [1.29, 1.82) is 0 Å². The number of nitrogens with one attached hydrogen (secondary N) is 2. The minimum Gasteiger partial charge on any atom is -0.252 e. The third-order valence-electron chi connectivity index (χ3n) is 2.22. The van der Waals surface area contributed by atoms with Gasteiger partial charge in [0.2, 0.25) is 0 Å². The van der Waals surface area contributed by atoms with Crippen LogP contribution in [0.25, 0.3) is 0 Å². The lowest BCUT2D eigenvalue weighted by atomic mass is 10.1. The zero-order valence-corrected chi connectivity index (χ0v) is 10.5. The third kappa shape index (κ3) is 1.98. The fraction of sp³-hybridized carbons (Fsp3) is 0.500. The second-order valence-corrected chi connectivity index (χ2v) is 4.81. The fourth-order valence-corrected chi connectivity index (χ4v) is 3.22. The summed E-state index contributed by atoms with van der Waals surface area (Å²) < 4.78 is 0. The summed E-state index contributed by atoms with van der Waals surface area (Å²) >= 11 is 7.10. The molecule has 0 radical (unpaired) electrons. The van der Waals surface area contributed by atoms with Gasteiger partial charge in [0.15, 0.2) is 0 Å². The molecule has 3 atom stereocenters. The van der Waals surface area contributed by atoms with Crippen LogP contribution < -0.4 is 10.9 Å². The van der Waals surface area contributed by atoms with Crippen LogP contribution in [0, 0.1) is 0 Å². The van der Waals surface area contributed by atoms with E-state index in [0.717, 1.165) is 11.0 Å². The lowest BCUT2D eigenvalue weighted by molar-refractivity contribution is 0.556. The summed E-state index contributed by atoms with van der Waals surface area (Å²) in [7, 11) is 0. The normalized spacial score (nSPS) is 32.0. The molecule has 1 aliphatic rings. The molecule has 1 saturated heterocycles. The van der Waals surface area contributed by atoms with Crippen LogP contribution in [-0.4, -0.2) is 26.2 Å². The van der Waals surface area contributed by atoms with Crippen molar-refractivity contribution in [2.45, 2.75) is 16.9 Å². The molecule has 1 fully saturated rings. The number of aromatic nitrogens is 2. The van der Waals surface area contributed by atoms with Crippen molar-refractivity contribution < 1.29 is 0 Å². The van der Waals surface area contributed by atoms with Gasteiger partial charge in [-0.3, -0.25) is 5.43 Å². The molecule has 2 N–H and O–H groups in total. The van der Waals surface area contributed by atoms with Gasteiger partial charge in [-0.15, -0.1) is 0 Å². The Balaban J connectivity index is 2.14. The standard InChI is InChI=1S/C8H10Br2N4/c9-3-6-7(10)8(14-13-6)5-1-2-11-4-12-5/h1-2,4,6-8,13-14H,3H2. The third-order valence-corrected chi connectivity index (χ3v) is 4.08. The van der Waals surface area contributed by atoms with Gasteiger partial charge in [0.1, 0.15) is 6.33 Å². The zero-order chi connectivity index (χ0) is 9.97. The molecule has 14 heavy (non-hydrogen) atoms. The topological polar surface area (TPSA) is 49.8 Å². The quantitative estimate of drug-likeness (QED) is 0.802. The molecule has 0 amide bonds. The molecule has 2 heterocycles. The largest absolute Gasteiger partial charge is 0.252 e. The molecule has 1 aromatic heterocycles. The molecule has 4 nitrogen and oxygen atoms in total. The van der Waals surface area contributed by atoms with Crippen LogP contribution in [0.3, 0.4) is 0 Å². The minimum absolute atomic E-state index is 0.195. The van der Waals surface area contributed by atoms with E-state index in [4.69, 9.17) is 0 Å². The number of hydrazine groups is 1. The van der Waals surface area contributed by atoms with Gasteiger partial charge in [-0.2, -0.15) is 0 Å². The first-order valence-corrected chi connectivity index (χ1v) is 6.33. The van der Waals surface area contributed by atoms with Crippen molar-refractivity contribution in [2.24, 2.45) is 0 Å². The highest BCUT2D eigenvalue weighted by atomic mass is 79.9. The number of hydrogen-bond acceptors (Lipinski definition) is 4. The van der Waals surface area contributed by atoms with E-state index >= 15 is 0 Å². The van der Waals surface area contributed by atoms with Crippen molar-refractivity contribution in [2.75, 3.05) is 5.33 Å². The molecule has 1 aliphatic heterocycles. The number of alkyl halides is 2. The Labute approximate surface area is 99.1 Å².